The van der Waals surface area contributed by atoms with Crippen LogP contribution < -0.4 is 0 Å². The number of imidazole rings is 1. The molecule has 0 saturated carbocycles. The maximum absolute atomic E-state index is 12.2. The minimum absolute atomic E-state index is 0.602. The Bertz CT molecular complexity index is 663. The molecule has 0 bridgehead atoms. The predicted octanol–water partition coefficient (Wildman–Crippen LogP) is 5.13. The Morgan fingerprint density at radius 3 is 2.00 bits per heavy atom. The summed E-state index contributed by atoms with van der Waals surface area (Å²) in [5, 5.41) is 0. The van der Waals surface area contributed by atoms with Crippen molar-refractivity contribution in [3.63, 3.8) is 0 Å². The van der Waals surface area contributed by atoms with Gasteiger partial charge in [-0.2, -0.15) is 14.5 Å². The molecule has 2 rings (SSSR count). The van der Waals surface area contributed by atoms with Crippen molar-refractivity contribution in [3.8, 4) is 0 Å². The average molecular weight is 732 g/mol. The summed E-state index contributed by atoms with van der Waals surface area (Å²) in [6, 6.07) is 5.19. The van der Waals surface area contributed by atoms with Gasteiger partial charge in [0.15, 0.2) is 0 Å². The Balaban J connectivity index is 0.000000253. The first-order valence-corrected chi connectivity index (χ1v) is 9.64. The molecule has 0 saturated heterocycles. The van der Waals surface area contributed by atoms with Crippen LogP contribution in [0.2, 0.25) is 0 Å². The molecule has 0 aliphatic heterocycles. The summed E-state index contributed by atoms with van der Waals surface area (Å²) in [5.41, 5.74) is 0.261. The third kappa shape index (κ3) is 7.39. The molecule has 0 amide bonds. The summed E-state index contributed by atoms with van der Waals surface area (Å²) in [6.45, 7) is 3.82. The number of nitrogens with zero attached hydrogens (tertiary/aromatic N) is 3. The van der Waals surface area contributed by atoms with E-state index in [0.717, 1.165) is 24.2 Å². The molecule has 132 valence electrons. The molecule has 2 aromatic rings. The van der Waals surface area contributed by atoms with Crippen molar-refractivity contribution in [2.24, 2.45) is 7.05 Å². The van der Waals surface area contributed by atoms with Crippen molar-refractivity contribution in [1.82, 2.24) is 10.5 Å². The number of halogens is 5. The maximum Gasteiger partial charge on any atom is 0.416 e. The number of benzene rings is 1. The van der Waals surface area contributed by atoms with Crippen molar-refractivity contribution in [2.75, 3.05) is 0 Å². The van der Waals surface area contributed by atoms with Crippen LogP contribution in [0, 0.1) is 3.80 Å². The zero-order chi connectivity index (χ0) is 17.6. The maximum atomic E-state index is 12.2. The summed E-state index contributed by atoms with van der Waals surface area (Å²) in [4.78, 5) is 0. The summed E-state index contributed by atoms with van der Waals surface area (Å²) < 4.78 is 43.9. The van der Waals surface area contributed by atoms with Gasteiger partial charge in [-0.15, -0.1) is 0 Å². The van der Waals surface area contributed by atoms with Gasteiger partial charge in [0.25, 0.3) is 0 Å². The van der Waals surface area contributed by atoms with E-state index < -0.39 is 11.7 Å². The molecule has 0 aliphatic carbocycles. The second kappa shape index (κ2) is 9.72. The summed E-state index contributed by atoms with van der Waals surface area (Å²) in [5.74, 6) is 0. The smallest absolute Gasteiger partial charge is 0.184 e. The van der Waals surface area contributed by atoms with Gasteiger partial charge in [0, 0.05) is 52.3 Å². The molecule has 0 atom stereocenters. The molecule has 23 heavy (non-hydrogen) atoms. The van der Waals surface area contributed by atoms with Crippen LogP contribution in [0.1, 0.15) is 18.1 Å². The Morgan fingerprint density at radius 1 is 1.13 bits per heavy atom. The summed E-state index contributed by atoms with van der Waals surface area (Å²) in [6.07, 6.45) is -0.0962. The van der Waals surface area contributed by atoms with E-state index in [2.05, 4.69) is 101 Å². The van der Waals surface area contributed by atoms with Gasteiger partial charge in [0.1, 0.15) is 0 Å². The molecule has 3 nitrogen and oxygen atoms in total. The third-order valence-corrected chi connectivity index (χ3v) is 5.02. The Hall–Kier alpha value is 0.328. The van der Waals surface area contributed by atoms with E-state index >= 15 is 0 Å². The largest absolute Gasteiger partial charge is 0.416 e. The second-order valence-corrected chi connectivity index (χ2v) is 9.78. The fraction of sp³-hybridized carbons (Fsp3) is 0.357. The van der Waals surface area contributed by atoms with E-state index in [4.69, 9.17) is 0 Å². The molecule has 0 spiro atoms. The van der Waals surface area contributed by atoms with Crippen LogP contribution in [-0.4, -0.2) is 10.5 Å². The molecule has 9 heteroatoms. The quantitative estimate of drug-likeness (QED) is 0.316. The molecule has 1 aromatic carbocycles. The van der Waals surface area contributed by atoms with Gasteiger partial charge in [-0.25, -0.2) is 0 Å². The van der Waals surface area contributed by atoms with Crippen molar-refractivity contribution in [2.45, 2.75) is 26.2 Å². The standard InChI is InChI=1S/C8H6F3I2N.C6H10N2.Pt/c9-8(10,11)7-3-1-6(2-4-7)5-14(12)13;1-3-8-5-4-7(2)6-8;/h1-4H,5H2;4-5H,3H2,1-2H3;. The average Bonchev–Trinajstić information content (AvgIpc) is 2.78. The number of alkyl halides is 3. The minimum atomic E-state index is -4.24. The number of aromatic nitrogens is 2. The first kappa shape index (κ1) is 21.4. The van der Waals surface area contributed by atoms with Crippen LogP contribution in [0.25, 0.3) is 0 Å². The SMILES string of the molecule is CCn1ccn(C)[c]1=[Pt].FC(F)(F)c1ccc(CN(I)I)cc1. The van der Waals surface area contributed by atoms with Crippen molar-refractivity contribution < 1.29 is 32.5 Å². The first-order chi connectivity index (χ1) is 10.6. The predicted molar refractivity (Wildman–Crippen MR) is 97.3 cm³/mol. The van der Waals surface area contributed by atoms with Crippen molar-refractivity contribution >= 4 is 45.7 Å². The molecule has 1 aromatic heterocycles. The van der Waals surface area contributed by atoms with Crippen LogP contribution in [0.3, 0.4) is 0 Å². The van der Waals surface area contributed by atoms with Crippen LogP contribution >= 0.6 is 45.7 Å². The summed E-state index contributed by atoms with van der Waals surface area (Å²) >= 11 is 6.45. The minimum Gasteiger partial charge on any atom is -0.184 e. The summed E-state index contributed by atoms with van der Waals surface area (Å²) in [7, 11) is 2.05. The van der Waals surface area contributed by atoms with Crippen molar-refractivity contribution in [3.05, 3.63) is 51.6 Å². The molecule has 0 unspecified atom stereocenters. The molecule has 0 radical (unpaired) electrons. The van der Waals surface area contributed by atoms with E-state index in [-0.39, 0.29) is 0 Å². The van der Waals surface area contributed by atoms with Gasteiger partial charge in [-0.3, -0.25) is 0 Å². The van der Waals surface area contributed by atoms with Crippen LogP contribution in [0.4, 0.5) is 13.2 Å². The van der Waals surface area contributed by atoms with Crippen LogP contribution in [0.15, 0.2) is 36.7 Å². The van der Waals surface area contributed by atoms with Crippen LogP contribution in [0.5, 0.6) is 0 Å². The molecule has 0 aliphatic rings. The topological polar surface area (TPSA) is 13.1 Å². The second-order valence-electron chi connectivity index (χ2n) is 4.59. The molecule has 1 heterocycles. The zero-order valence-corrected chi connectivity index (χ0v) is 19.0. The number of rotatable bonds is 3. The number of aryl methyl sites for hydroxylation is 2. The molecule has 0 fully saturated rings. The molecule has 0 N–H and O–H groups in total. The van der Waals surface area contributed by atoms with Gasteiger partial charge in [-0.05, 0) is 17.7 Å². The van der Waals surface area contributed by atoms with Gasteiger partial charge in [-0.1, -0.05) is 12.1 Å². The van der Waals surface area contributed by atoms with E-state index in [1.54, 1.807) is 0 Å². The van der Waals surface area contributed by atoms with E-state index in [1.807, 2.05) is 1.33 Å². The van der Waals surface area contributed by atoms with Gasteiger partial charge in [0.05, 0.1) is 5.56 Å². The normalized spacial score (nSPS) is 11.4. The monoisotopic (exact) mass is 732 g/mol. The number of hydrogen-bond donors (Lipinski definition) is 0. The number of hydrogen-bond acceptors (Lipinski definition) is 1. The van der Waals surface area contributed by atoms with E-state index in [1.165, 1.54) is 15.9 Å². The van der Waals surface area contributed by atoms with Gasteiger partial charge < -0.3 is 0 Å². The third-order valence-electron chi connectivity index (χ3n) is 2.88. The van der Waals surface area contributed by atoms with E-state index in [0.29, 0.717) is 6.54 Å². The van der Waals surface area contributed by atoms with E-state index in [9.17, 15) is 13.2 Å². The van der Waals surface area contributed by atoms with Gasteiger partial charge >= 0.3 is 71.4 Å². The molecular formula is C14H16F3I2N3Pt. The fourth-order valence-corrected chi connectivity index (χ4v) is 3.15. The first-order valence-electron chi connectivity index (χ1n) is 6.57. The van der Waals surface area contributed by atoms with Crippen LogP contribution in [-0.2, 0) is 45.7 Å². The molecular weight excluding hydrogens is 716 g/mol. The Labute approximate surface area is 172 Å². The van der Waals surface area contributed by atoms with Gasteiger partial charge in [0.2, 0.25) is 0 Å². The Kier molecular flexibility index (Phi) is 9.03. The van der Waals surface area contributed by atoms with Crippen molar-refractivity contribution in [1.29, 1.82) is 0 Å². The fourth-order valence-electron chi connectivity index (χ4n) is 1.66. The Morgan fingerprint density at radius 2 is 1.70 bits per heavy atom. The zero-order valence-electron chi connectivity index (χ0n) is 12.4.